The summed E-state index contributed by atoms with van der Waals surface area (Å²) in [6.45, 7) is 4.33. The molecule has 1 N–H and O–H groups in total. The number of hydrogen-bond donors (Lipinski definition) is 1. The SMILES string of the molecule is CC(C)c1ccc(C=CC(=O)Nc2cccc3cccnc23)cc1. The molecule has 0 bridgehead atoms. The molecule has 0 aliphatic carbocycles. The summed E-state index contributed by atoms with van der Waals surface area (Å²) in [4.78, 5) is 16.5. The molecule has 0 aliphatic rings. The predicted octanol–water partition coefficient (Wildman–Crippen LogP) is 5.01. The van der Waals surface area contributed by atoms with E-state index in [1.165, 1.54) is 5.56 Å². The summed E-state index contributed by atoms with van der Waals surface area (Å²) < 4.78 is 0. The van der Waals surface area contributed by atoms with Crippen molar-refractivity contribution >= 4 is 28.6 Å². The minimum absolute atomic E-state index is 0.166. The second kappa shape index (κ2) is 7.09. The van der Waals surface area contributed by atoms with Crippen LogP contribution in [0, 0.1) is 0 Å². The van der Waals surface area contributed by atoms with Crippen LogP contribution in [0.4, 0.5) is 5.69 Å². The Morgan fingerprint density at radius 3 is 2.54 bits per heavy atom. The first-order chi connectivity index (χ1) is 11.6. The van der Waals surface area contributed by atoms with E-state index in [9.17, 15) is 4.79 Å². The number of rotatable bonds is 4. The third-order valence-electron chi connectivity index (χ3n) is 3.92. The zero-order valence-corrected chi connectivity index (χ0v) is 13.9. The molecule has 3 nitrogen and oxygen atoms in total. The molecule has 2 aromatic carbocycles. The summed E-state index contributed by atoms with van der Waals surface area (Å²) in [5.41, 5.74) is 3.81. The first kappa shape index (κ1) is 15.9. The fraction of sp³-hybridized carbons (Fsp3) is 0.143. The molecule has 1 amide bonds. The third-order valence-corrected chi connectivity index (χ3v) is 3.92. The summed E-state index contributed by atoms with van der Waals surface area (Å²) in [5, 5.41) is 3.90. The highest BCUT2D eigenvalue weighted by molar-refractivity contribution is 6.06. The molecule has 24 heavy (non-hydrogen) atoms. The Labute approximate surface area is 142 Å². The second-order valence-electron chi connectivity index (χ2n) is 6.02. The van der Waals surface area contributed by atoms with Crippen LogP contribution in [0.3, 0.4) is 0 Å². The van der Waals surface area contributed by atoms with Gasteiger partial charge in [-0.25, -0.2) is 0 Å². The second-order valence-corrected chi connectivity index (χ2v) is 6.02. The van der Waals surface area contributed by atoms with Gasteiger partial charge in [0.2, 0.25) is 5.91 Å². The molecule has 1 heterocycles. The Kier molecular flexibility index (Phi) is 4.71. The monoisotopic (exact) mass is 316 g/mol. The van der Waals surface area contributed by atoms with Crippen LogP contribution < -0.4 is 5.32 Å². The number of fused-ring (bicyclic) bond motifs is 1. The van der Waals surface area contributed by atoms with Crippen molar-refractivity contribution in [3.05, 3.63) is 78.0 Å². The molecule has 0 spiro atoms. The smallest absolute Gasteiger partial charge is 0.248 e. The lowest BCUT2D eigenvalue weighted by Gasteiger charge is -2.06. The van der Waals surface area contributed by atoms with E-state index in [-0.39, 0.29) is 5.91 Å². The molecule has 0 fully saturated rings. The van der Waals surface area contributed by atoms with E-state index in [4.69, 9.17) is 0 Å². The van der Waals surface area contributed by atoms with E-state index in [1.807, 2.05) is 48.5 Å². The van der Waals surface area contributed by atoms with Crippen molar-refractivity contribution < 1.29 is 4.79 Å². The molecular weight excluding hydrogens is 296 g/mol. The number of carbonyl (C=O) groups is 1. The summed E-state index contributed by atoms with van der Waals surface area (Å²) in [6, 6.07) is 17.8. The summed E-state index contributed by atoms with van der Waals surface area (Å²) in [6.07, 6.45) is 5.09. The van der Waals surface area contributed by atoms with E-state index in [2.05, 4.69) is 36.3 Å². The number of nitrogens with one attached hydrogen (secondary N) is 1. The van der Waals surface area contributed by atoms with E-state index in [1.54, 1.807) is 12.3 Å². The van der Waals surface area contributed by atoms with Crippen LogP contribution in [-0.4, -0.2) is 10.9 Å². The van der Waals surface area contributed by atoms with E-state index in [0.717, 1.165) is 22.2 Å². The number of nitrogens with zero attached hydrogens (tertiary/aromatic N) is 1. The molecule has 3 rings (SSSR count). The van der Waals surface area contributed by atoms with Gasteiger partial charge >= 0.3 is 0 Å². The lowest BCUT2D eigenvalue weighted by Crippen LogP contribution is -2.08. The Bertz CT molecular complexity index is 874. The van der Waals surface area contributed by atoms with Gasteiger partial charge in [-0.15, -0.1) is 0 Å². The van der Waals surface area contributed by atoms with E-state index < -0.39 is 0 Å². The van der Waals surface area contributed by atoms with Gasteiger partial charge in [0, 0.05) is 17.7 Å². The number of pyridine rings is 1. The molecule has 0 radical (unpaired) electrons. The Hall–Kier alpha value is -2.94. The van der Waals surface area contributed by atoms with Crippen molar-refractivity contribution in [2.45, 2.75) is 19.8 Å². The van der Waals surface area contributed by atoms with Gasteiger partial charge in [-0.1, -0.05) is 56.3 Å². The first-order valence-electron chi connectivity index (χ1n) is 8.06. The topological polar surface area (TPSA) is 42.0 Å². The van der Waals surface area contributed by atoms with Crippen LogP contribution in [0.5, 0.6) is 0 Å². The highest BCUT2D eigenvalue weighted by Crippen LogP contribution is 2.20. The van der Waals surface area contributed by atoms with Crippen LogP contribution in [0.15, 0.2) is 66.9 Å². The number of benzene rings is 2. The van der Waals surface area contributed by atoms with E-state index >= 15 is 0 Å². The average Bonchev–Trinajstić information content (AvgIpc) is 2.61. The van der Waals surface area contributed by atoms with Gasteiger partial charge in [0.1, 0.15) is 0 Å². The molecule has 120 valence electrons. The number of para-hydroxylation sites is 1. The molecule has 1 aromatic heterocycles. The molecule has 0 aliphatic heterocycles. The minimum Gasteiger partial charge on any atom is -0.321 e. The maximum absolute atomic E-state index is 12.2. The lowest BCUT2D eigenvalue weighted by molar-refractivity contribution is -0.111. The van der Waals surface area contributed by atoms with Crippen molar-refractivity contribution in [2.75, 3.05) is 5.32 Å². The van der Waals surface area contributed by atoms with Crippen LogP contribution in [0.25, 0.3) is 17.0 Å². The highest BCUT2D eigenvalue weighted by Gasteiger charge is 2.04. The van der Waals surface area contributed by atoms with Crippen molar-refractivity contribution in [3.8, 4) is 0 Å². The van der Waals surface area contributed by atoms with Crippen LogP contribution in [-0.2, 0) is 4.79 Å². The quantitative estimate of drug-likeness (QED) is 0.687. The van der Waals surface area contributed by atoms with Gasteiger partial charge in [-0.2, -0.15) is 0 Å². The standard InChI is InChI=1S/C21H20N2O/c1-15(2)17-11-8-16(9-12-17)10-13-20(24)23-19-7-3-5-18-6-4-14-22-21(18)19/h3-15H,1-2H3,(H,23,24). The number of aromatic nitrogens is 1. The predicted molar refractivity (Wildman–Crippen MR) is 99.9 cm³/mol. The van der Waals surface area contributed by atoms with Gasteiger partial charge in [0.15, 0.2) is 0 Å². The Morgan fingerprint density at radius 1 is 1.04 bits per heavy atom. The fourth-order valence-electron chi connectivity index (χ4n) is 2.54. The Balaban J connectivity index is 1.73. The molecule has 0 atom stereocenters. The number of anilines is 1. The fourth-order valence-corrected chi connectivity index (χ4v) is 2.54. The van der Waals surface area contributed by atoms with Crippen molar-refractivity contribution in [1.82, 2.24) is 4.98 Å². The highest BCUT2D eigenvalue weighted by atomic mass is 16.1. The third kappa shape index (κ3) is 3.69. The van der Waals surface area contributed by atoms with Gasteiger partial charge in [-0.05, 0) is 35.3 Å². The van der Waals surface area contributed by atoms with Crippen molar-refractivity contribution in [3.63, 3.8) is 0 Å². The molecule has 0 unspecified atom stereocenters. The number of hydrogen-bond acceptors (Lipinski definition) is 2. The summed E-state index contributed by atoms with van der Waals surface area (Å²) in [5.74, 6) is 0.339. The zero-order valence-electron chi connectivity index (χ0n) is 13.9. The molecule has 0 saturated carbocycles. The van der Waals surface area contributed by atoms with Gasteiger partial charge in [-0.3, -0.25) is 9.78 Å². The maximum atomic E-state index is 12.2. The van der Waals surface area contributed by atoms with Crippen molar-refractivity contribution in [1.29, 1.82) is 0 Å². The number of carbonyl (C=O) groups excluding carboxylic acids is 1. The summed E-state index contributed by atoms with van der Waals surface area (Å²) >= 11 is 0. The van der Waals surface area contributed by atoms with Gasteiger partial charge < -0.3 is 5.32 Å². The minimum atomic E-state index is -0.166. The van der Waals surface area contributed by atoms with Gasteiger partial charge in [0.25, 0.3) is 0 Å². The van der Waals surface area contributed by atoms with Crippen LogP contribution >= 0.6 is 0 Å². The Morgan fingerprint density at radius 2 is 1.79 bits per heavy atom. The lowest BCUT2D eigenvalue weighted by atomic mass is 10.0. The molecular formula is C21H20N2O. The van der Waals surface area contributed by atoms with Crippen LogP contribution in [0.2, 0.25) is 0 Å². The molecule has 3 heteroatoms. The van der Waals surface area contributed by atoms with Gasteiger partial charge in [0.05, 0.1) is 11.2 Å². The van der Waals surface area contributed by atoms with Crippen LogP contribution in [0.1, 0.15) is 30.9 Å². The first-order valence-corrected chi connectivity index (χ1v) is 8.06. The number of amides is 1. The molecule has 0 saturated heterocycles. The zero-order chi connectivity index (χ0) is 16.9. The maximum Gasteiger partial charge on any atom is 0.248 e. The normalized spacial score (nSPS) is 11.3. The average molecular weight is 316 g/mol. The van der Waals surface area contributed by atoms with Crippen molar-refractivity contribution in [2.24, 2.45) is 0 Å². The largest absolute Gasteiger partial charge is 0.321 e. The molecule has 3 aromatic rings. The van der Waals surface area contributed by atoms with E-state index in [0.29, 0.717) is 5.92 Å². The summed E-state index contributed by atoms with van der Waals surface area (Å²) in [7, 11) is 0.